The lowest BCUT2D eigenvalue weighted by Crippen LogP contribution is -2.38. The molecule has 2 aromatic heterocycles. The quantitative estimate of drug-likeness (QED) is 0.354. The molecule has 29 heavy (non-hydrogen) atoms. The molecule has 150 valence electrons. The predicted molar refractivity (Wildman–Crippen MR) is 119 cm³/mol. The average Bonchev–Trinajstić information content (AvgIpc) is 3.44. The molecule has 0 aliphatic carbocycles. The molecule has 0 bridgehead atoms. The third-order valence-electron chi connectivity index (χ3n) is 4.44. The van der Waals surface area contributed by atoms with Crippen LogP contribution in [-0.2, 0) is 9.53 Å². The minimum atomic E-state index is -0.0188. The Morgan fingerprint density at radius 2 is 2.07 bits per heavy atom. The lowest BCUT2D eigenvalue weighted by atomic mass is 10.2. The van der Waals surface area contributed by atoms with E-state index in [-0.39, 0.29) is 17.8 Å². The summed E-state index contributed by atoms with van der Waals surface area (Å²) in [6, 6.07) is 9.75. The number of ether oxygens (including phenoxy) is 1. The highest BCUT2D eigenvalue weighted by Crippen LogP contribution is 2.30. The number of benzene rings is 1. The van der Waals surface area contributed by atoms with E-state index in [0.717, 1.165) is 35.2 Å². The van der Waals surface area contributed by atoms with Crippen LogP contribution in [0.15, 0.2) is 57.7 Å². The molecule has 0 unspecified atom stereocenters. The number of thiazole rings is 1. The van der Waals surface area contributed by atoms with Crippen molar-refractivity contribution in [2.75, 3.05) is 23.8 Å². The van der Waals surface area contributed by atoms with Crippen LogP contribution < -0.4 is 4.90 Å². The molecule has 0 saturated carbocycles. The zero-order valence-electron chi connectivity index (χ0n) is 15.5. The van der Waals surface area contributed by atoms with Gasteiger partial charge < -0.3 is 4.74 Å². The summed E-state index contributed by atoms with van der Waals surface area (Å²) in [5.74, 6) is 0.235. The molecule has 1 saturated heterocycles. The lowest BCUT2D eigenvalue weighted by Gasteiger charge is -2.22. The Bertz CT molecular complexity index is 947. The van der Waals surface area contributed by atoms with Gasteiger partial charge in [0.2, 0.25) is 5.91 Å². The highest BCUT2D eigenvalue weighted by Gasteiger charge is 2.26. The van der Waals surface area contributed by atoms with E-state index in [2.05, 4.69) is 25.9 Å². The van der Waals surface area contributed by atoms with Crippen molar-refractivity contribution in [3.05, 3.63) is 52.6 Å². The fraction of sp³-hybridized carbons (Fsp3) is 0.300. The first-order valence-electron chi connectivity index (χ1n) is 9.22. The Balaban J connectivity index is 1.51. The molecule has 0 N–H and O–H groups in total. The summed E-state index contributed by atoms with van der Waals surface area (Å²) < 4.78 is 6.79. The lowest BCUT2D eigenvalue weighted by molar-refractivity contribution is -0.116. The zero-order chi connectivity index (χ0) is 20.1. The van der Waals surface area contributed by atoms with Crippen molar-refractivity contribution >= 4 is 50.1 Å². The van der Waals surface area contributed by atoms with Gasteiger partial charge in [-0.3, -0.25) is 9.69 Å². The van der Waals surface area contributed by atoms with Crippen LogP contribution in [0.3, 0.4) is 0 Å². The number of rotatable bonds is 7. The zero-order valence-corrected chi connectivity index (χ0v) is 18.8. The number of thioether (sulfide) groups is 1. The van der Waals surface area contributed by atoms with E-state index in [0.29, 0.717) is 16.8 Å². The molecule has 1 aliphatic heterocycles. The normalized spacial score (nSPS) is 16.1. The molecule has 3 aromatic rings. The Labute approximate surface area is 185 Å². The second-order valence-corrected chi connectivity index (χ2v) is 9.18. The second kappa shape index (κ2) is 9.80. The van der Waals surface area contributed by atoms with Crippen LogP contribution in [0.2, 0.25) is 0 Å². The van der Waals surface area contributed by atoms with Crippen molar-refractivity contribution < 1.29 is 9.53 Å². The third-order valence-corrected chi connectivity index (χ3v) is 6.69. The molecular weight excluding hydrogens is 472 g/mol. The molecule has 9 heteroatoms. The molecule has 1 amide bonds. The van der Waals surface area contributed by atoms with Gasteiger partial charge >= 0.3 is 0 Å². The van der Waals surface area contributed by atoms with E-state index in [1.807, 2.05) is 29.6 Å². The van der Waals surface area contributed by atoms with Crippen LogP contribution in [0.1, 0.15) is 12.8 Å². The minimum absolute atomic E-state index is 0.0188. The highest BCUT2D eigenvalue weighted by molar-refractivity contribution is 9.10. The number of aromatic nitrogens is 3. The number of halogens is 1. The van der Waals surface area contributed by atoms with Gasteiger partial charge in [-0.25, -0.2) is 15.0 Å². The molecule has 4 rings (SSSR count). The largest absolute Gasteiger partial charge is 0.376 e. The summed E-state index contributed by atoms with van der Waals surface area (Å²) in [5, 5.41) is 3.27. The van der Waals surface area contributed by atoms with Crippen molar-refractivity contribution in [1.82, 2.24) is 15.0 Å². The topological polar surface area (TPSA) is 68.2 Å². The Hall–Kier alpha value is -1.81. The monoisotopic (exact) mass is 490 g/mol. The fourth-order valence-electron chi connectivity index (χ4n) is 2.98. The van der Waals surface area contributed by atoms with Gasteiger partial charge in [0, 0.05) is 34.4 Å². The van der Waals surface area contributed by atoms with E-state index in [9.17, 15) is 4.79 Å². The maximum atomic E-state index is 13.0. The maximum Gasteiger partial charge on any atom is 0.239 e. The van der Waals surface area contributed by atoms with Crippen molar-refractivity contribution in [1.29, 1.82) is 0 Å². The van der Waals surface area contributed by atoms with Crippen molar-refractivity contribution in [2.45, 2.75) is 24.1 Å². The summed E-state index contributed by atoms with van der Waals surface area (Å²) in [7, 11) is 0. The molecule has 6 nitrogen and oxygen atoms in total. The Morgan fingerprint density at radius 3 is 2.79 bits per heavy atom. The molecule has 1 atom stereocenters. The van der Waals surface area contributed by atoms with Crippen LogP contribution in [0.5, 0.6) is 0 Å². The standard InChI is InChI=1S/C20H19BrN4O2S2/c21-15-6-4-14(5-7-15)17-12-29-20(24-17)25(11-16-3-1-10-27-16)18(26)13-28-19-22-8-2-9-23-19/h2,4-9,12,16H,1,3,10-11,13H2/t16-/m1/s1. The third kappa shape index (κ3) is 5.42. The van der Waals surface area contributed by atoms with Gasteiger partial charge in [0.05, 0.1) is 24.1 Å². The predicted octanol–water partition coefficient (Wildman–Crippen LogP) is 4.67. The van der Waals surface area contributed by atoms with Gasteiger partial charge in [0.1, 0.15) is 0 Å². The minimum Gasteiger partial charge on any atom is -0.376 e. The second-order valence-electron chi connectivity index (χ2n) is 6.48. The van der Waals surface area contributed by atoms with Crippen molar-refractivity contribution in [3.8, 4) is 11.3 Å². The van der Waals surface area contributed by atoms with Gasteiger partial charge in [0.15, 0.2) is 10.3 Å². The van der Waals surface area contributed by atoms with Crippen LogP contribution in [0, 0.1) is 0 Å². The number of nitrogens with zero attached hydrogens (tertiary/aromatic N) is 4. The number of amides is 1. The Kier molecular flexibility index (Phi) is 6.91. The smallest absolute Gasteiger partial charge is 0.239 e. The summed E-state index contributed by atoms with van der Waals surface area (Å²) in [6.07, 6.45) is 5.40. The van der Waals surface area contributed by atoms with Gasteiger partial charge in [-0.1, -0.05) is 39.8 Å². The highest BCUT2D eigenvalue weighted by atomic mass is 79.9. The van der Waals surface area contributed by atoms with E-state index in [4.69, 9.17) is 9.72 Å². The SMILES string of the molecule is O=C(CSc1ncccn1)N(C[C@H]1CCCO1)c1nc(-c2ccc(Br)cc2)cs1. The molecule has 1 fully saturated rings. The molecule has 3 heterocycles. The van der Waals surface area contributed by atoms with Gasteiger partial charge in [-0.05, 0) is 31.0 Å². The molecule has 1 aliphatic rings. The number of hydrogen-bond donors (Lipinski definition) is 0. The van der Waals surface area contributed by atoms with E-state index < -0.39 is 0 Å². The van der Waals surface area contributed by atoms with Crippen LogP contribution >= 0.6 is 39.0 Å². The number of hydrogen-bond acceptors (Lipinski definition) is 7. The molecule has 0 spiro atoms. The molecule has 0 radical (unpaired) electrons. The summed E-state index contributed by atoms with van der Waals surface area (Å²) in [5.41, 5.74) is 1.88. The summed E-state index contributed by atoms with van der Waals surface area (Å²) in [6.45, 7) is 1.27. The van der Waals surface area contributed by atoms with E-state index in [1.165, 1.54) is 23.1 Å². The number of anilines is 1. The number of carbonyl (C=O) groups excluding carboxylic acids is 1. The fourth-order valence-corrected chi connectivity index (χ4v) is 4.79. The van der Waals surface area contributed by atoms with Gasteiger partial charge in [-0.2, -0.15) is 0 Å². The van der Waals surface area contributed by atoms with Crippen molar-refractivity contribution in [3.63, 3.8) is 0 Å². The summed E-state index contributed by atoms with van der Waals surface area (Å²) in [4.78, 5) is 27.9. The van der Waals surface area contributed by atoms with Gasteiger partial charge in [0.25, 0.3) is 0 Å². The first-order valence-corrected chi connectivity index (χ1v) is 11.9. The Morgan fingerprint density at radius 1 is 1.28 bits per heavy atom. The summed E-state index contributed by atoms with van der Waals surface area (Å²) >= 11 is 6.26. The number of carbonyl (C=O) groups is 1. The average molecular weight is 491 g/mol. The van der Waals surface area contributed by atoms with Gasteiger partial charge in [-0.15, -0.1) is 11.3 Å². The van der Waals surface area contributed by atoms with Crippen LogP contribution in [0.25, 0.3) is 11.3 Å². The van der Waals surface area contributed by atoms with Crippen LogP contribution in [-0.4, -0.2) is 45.9 Å². The maximum absolute atomic E-state index is 13.0. The van der Waals surface area contributed by atoms with E-state index >= 15 is 0 Å². The van der Waals surface area contributed by atoms with Crippen LogP contribution in [0.4, 0.5) is 5.13 Å². The van der Waals surface area contributed by atoms with Crippen molar-refractivity contribution in [2.24, 2.45) is 0 Å². The molecule has 1 aromatic carbocycles. The first kappa shape index (κ1) is 20.5. The molecular formula is C20H19BrN4O2S2. The van der Waals surface area contributed by atoms with E-state index in [1.54, 1.807) is 23.4 Å². The first-order chi connectivity index (χ1) is 14.2.